The number of aromatic amines is 1. The van der Waals surface area contributed by atoms with E-state index in [1.54, 1.807) is 0 Å². The molecular formula is C11H13F3N6O2. The Kier molecular flexibility index (Phi) is 4.45. The summed E-state index contributed by atoms with van der Waals surface area (Å²) in [5.41, 5.74) is -1.33. The highest BCUT2D eigenvalue weighted by Gasteiger charge is 2.35. The van der Waals surface area contributed by atoms with Crippen LogP contribution in [0.5, 0.6) is 0 Å². The molecule has 0 fully saturated rings. The Morgan fingerprint density at radius 3 is 2.82 bits per heavy atom. The molecule has 2 N–H and O–H groups in total. The topological polar surface area (TPSA) is 97.7 Å². The number of alkyl halides is 3. The Bertz CT molecular complexity index is 663. The molecule has 0 unspecified atom stereocenters. The summed E-state index contributed by atoms with van der Waals surface area (Å²) in [5.74, 6) is 0.0699. The Labute approximate surface area is 122 Å². The number of halogens is 3. The quantitative estimate of drug-likeness (QED) is 0.843. The van der Waals surface area contributed by atoms with Gasteiger partial charge in [0.2, 0.25) is 0 Å². The molecule has 120 valence electrons. The zero-order chi connectivity index (χ0) is 16.3. The second-order valence-corrected chi connectivity index (χ2v) is 4.35. The molecule has 0 aromatic carbocycles. The second-order valence-electron chi connectivity index (χ2n) is 4.35. The smallest absolute Gasteiger partial charge is 0.377 e. The fourth-order valence-corrected chi connectivity index (χ4v) is 1.68. The van der Waals surface area contributed by atoms with E-state index in [1.165, 1.54) is 14.2 Å². The highest BCUT2D eigenvalue weighted by molar-refractivity contribution is 5.92. The van der Waals surface area contributed by atoms with Crippen LogP contribution >= 0.6 is 0 Å². The van der Waals surface area contributed by atoms with E-state index in [0.29, 0.717) is 17.7 Å². The van der Waals surface area contributed by atoms with Crippen molar-refractivity contribution in [2.75, 3.05) is 7.11 Å². The summed E-state index contributed by atoms with van der Waals surface area (Å²) >= 11 is 0. The molecule has 0 atom stereocenters. The summed E-state index contributed by atoms with van der Waals surface area (Å²) in [6, 6.07) is 0.687. The van der Waals surface area contributed by atoms with Crippen LogP contribution in [0.4, 0.5) is 13.2 Å². The van der Waals surface area contributed by atoms with E-state index < -0.39 is 17.8 Å². The first kappa shape index (κ1) is 15.9. The SMILES string of the molecule is COCc1n[nH]c(CNC(=O)c2cc(C(F)(F)F)nn2C)n1. The number of nitrogens with one attached hydrogen (secondary N) is 2. The Balaban J connectivity index is 2.01. The van der Waals surface area contributed by atoms with Gasteiger partial charge >= 0.3 is 6.18 Å². The second kappa shape index (κ2) is 6.13. The molecule has 2 aromatic heterocycles. The molecule has 0 aliphatic carbocycles. The third kappa shape index (κ3) is 3.61. The van der Waals surface area contributed by atoms with E-state index in [-0.39, 0.29) is 18.8 Å². The molecule has 2 heterocycles. The summed E-state index contributed by atoms with van der Waals surface area (Å²) < 4.78 is 43.3. The molecule has 2 aromatic rings. The van der Waals surface area contributed by atoms with Gasteiger partial charge in [-0.15, -0.1) is 0 Å². The van der Waals surface area contributed by atoms with Crippen molar-refractivity contribution in [1.29, 1.82) is 0 Å². The van der Waals surface area contributed by atoms with Crippen molar-refractivity contribution in [3.05, 3.63) is 29.1 Å². The molecule has 0 bridgehead atoms. The van der Waals surface area contributed by atoms with Gasteiger partial charge in [-0.3, -0.25) is 14.6 Å². The van der Waals surface area contributed by atoms with Gasteiger partial charge in [0, 0.05) is 20.2 Å². The molecule has 0 saturated carbocycles. The van der Waals surface area contributed by atoms with Crippen molar-refractivity contribution in [2.45, 2.75) is 19.3 Å². The molecular weight excluding hydrogens is 305 g/mol. The third-order valence-electron chi connectivity index (χ3n) is 2.67. The Morgan fingerprint density at radius 2 is 2.23 bits per heavy atom. The van der Waals surface area contributed by atoms with Crippen LogP contribution in [0, 0.1) is 0 Å². The molecule has 0 spiro atoms. The van der Waals surface area contributed by atoms with Crippen molar-refractivity contribution >= 4 is 5.91 Å². The molecule has 22 heavy (non-hydrogen) atoms. The number of carbonyl (C=O) groups is 1. The summed E-state index contributed by atoms with van der Waals surface area (Å²) in [5, 5.41) is 12.1. The number of amides is 1. The van der Waals surface area contributed by atoms with E-state index in [1.807, 2.05) is 0 Å². The molecule has 11 heteroatoms. The number of aryl methyl sites for hydroxylation is 1. The largest absolute Gasteiger partial charge is 0.435 e. The maximum Gasteiger partial charge on any atom is 0.435 e. The van der Waals surface area contributed by atoms with Crippen LogP contribution in [0.2, 0.25) is 0 Å². The number of hydrogen-bond acceptors (Lipinski definition) is 5. The number of hydrogen-bond donors (Lipinski definition) is 2. The third-order valence-corrected chi connectivity index (χ3v) is 2.67. The zero-order valence-electron chi connectivity index (χ0n) is 11.7. The van der Waals surface area contributed by atoms with Crippen molar-refractivity contribution < 1.29 is 22.7 Å². The average molecular weight is 318 g/mol. The molecule has 0 saturated heterocycles. The number of aromatic nitrogens is 5. The predicted molar refractivity (Wildman–Crippen MR) is 66.5 cm³/mol. The van der Waals surface area contributed by atoms with E-state index in [0.717, 1.165) is 4.68 Å². The van der Waals surface area contributed by atoms with E-state index >= 15 is 0 Å². The highest BCUT2D eigenvalue weighted by Crippen LogP contribution is 2.28. The Hall–Kier alpha value is -2.43. The van der Waals surface area contributed by atoms with E-state index in [9.17, 15) is 18.0 Å². The summed E-state index contributed by atoms with van der Waals surface area (Å²) in [6.07, 6.45) is -4.60. The van der Waals surface area contributed by atoms with Gasteiger partial charge in [0.25, 0.3) is 5.91 Å². The van der Waals surface area contributed by atoms with Crippen molar-refractivity contribution in [2.24, 2.45) is 7.05 Å². The van der Waals surface area contributed by atoms with Crippen LogP contribution in [-0.4, -0.2) is 38.0 Å². The number of nitrogens with zero attached hydrogens (tertiary/aromatic N) is 4. The van der Waals surface area contributed by atoms with Gasteiger partial charge in [-0.1, -0.05) is 0 Å². The first-order valence-corrected chi connectivity index (χ1v) is 6.09. The van der Waals surface area contributed by atoms with E-state index in [4.69, 9.17) is 4.74 Å². The van der Waals surface area contributed by atoms with Crippen molar-refractivity contribution in [3.63, 3.8) is 0 Å². The first-order valence-electron chi connectivity index (χ1n) is 6.09. The number of ether oxygens (including phenoxy) is 1. The van der Waals surface area contributed by atoms with Gasteiger partial charge in [-0.05, 0) is 0 Å². The maximum absolute atomic E-state index is 12.5. The summed E-state index contributed by atoms with van der Waals surface area (Å²) in [7, 11) is 2.74. The monoisotopic (exact) mass is 318 g/mol. The minimum atomic E-state index is -4.60. The number of methoxy groups -OCH3 is 1. The molecule has 8 nitrogen and oxygen atoms in total. The van der Waals surface area contributed by atoms with Gasteiger partial charge < -0.3 is 10.1 Å². The minimum absolute atomic E-state index is 0.0118. The van der Waals surface area contributed by atoms with Crippen LogP contribution in [0.3, 0.4) is 0 Å². The fraction of sp³-hybridized carbons (Fsp3) is 0.455. The zero-order valence-corrected chi connectivity index (χ0v) is 11.7. The maximum atomic E-state index is 12.5. The van der Waals surface area contributed by atoms with Crippen LogP contribution < -0.4 is 5.32 Å². The van der Waals surface area contributed by atoms with E-state index in [2.05, 4.69) is 25.6 Å². The van der Waals surface area contributed by atoms with Crippen LogP contribution in [0.25, 0.3) is 0 Å². The first-order chi connectivity index (χ1) is 10.3. The predicted octanol–water partition coefficient (Wildman–Crippen LogP) is 0.633. The van der Waals surface area contributed by atoms with Crippen molar-refractivity contribution in [1.82, 2.24) is 30.3 Å². The van der Waals surface area contributed by atoms with Gasteiger partial charge in [0.05, 0.1) is 6.54 Å². The molecule has 0 aliphatic rings. The number of H-pyrrole nitrogens is 1. The standard InChI is InChI=1S/C11H13F3N6O2/c1-20-6(3-7(19-20)11(12,13)14)10(21)15-4-8-16-9(5-22-2)18-17-8/h3H,4-5H2,1-2H3,(H,15,21)(H,16,17,18). The lowest BCUT2D eigenvalue weighted by Crippen LogP contribution is -2.25. The summed E-state index contributed by atoms with van der Waals surface area (Å²) in [4.78, 5) is 15.9. The van der Waals surface area contributed by atoms with Crippen molar-refractivity contribution in [3.8, 4) is 0 Å². The molecule has 1 amide bonds. The highest BCUT2D eigenvalue weighted by atomic mass is 19.4. The molecule has 2 rings (SSSR count). The lowest BCUT2D eigenvalue weighted by molar-refractivity contribution is -0.141. The lowest BCUT2D eigenvalue weighted by atomic mass is 10.3. The van der Waals surface area contributed by atoms with Gasteiger partial charge in [-0.25, -0.2) is 4.98 Å². The summed E-state index contributed by atoms with van der Waals surface area (Å²) in [6.45, 7) is 0.198. The van der Waals surface area contributed by atoms with Crippen LogP contribution in [0.1, 0.15) is 27.8 Å². The minimum Gasteiger partial charge on any atom is -0.377 e. The van der Waals surface area contributed by atoms with Gasteiger partial charge in [0.1, 0.15) is 18.1 Å². The Morgan fingerprint density at radius 1 is 1.50 bits per heavy atom. The lowest BCUT2D eigenvalue weighted by Gasteiger charge is -2.02. The number of carbonyl (C=O) groups excluding carboxylic acids is 1. The van der Waals surface area contributed by atoms with Crippen LogP contribution in [-0.2, 0) is 31.1 Å². The average Bonchev–Trinajstić information content (AvgIpc) is 3.03. The van der Waals surface area contributed by atoms with Crippen LogP contribution in [0.15, 0.2) is 6.07 Å². The molecule has 0 aliphatic heterocycles. The molecule has 0 radical (unpaired) electrons. The van der Waals surface area contributed by atoms with Gasteiger partial charge in [0.15, 0.2) is 11.5 Å². The number of rotatable bonds is 5. The fourth-order valence-electron chi connectivity index (χ4n) is 1.68. The van der Waals surface area contributed by atoms with Gasteiger partial charge in [-0.2, -0.15) is 23.4 Å². The normalized spacial score (nSPS) is 11.7.